The fourth-order valence-corrected chi connectivity index (χ4v) is 3.64. The highest BCUT2D eigenvalue weighted by Gasteiger charge is 2.16. The fraction of sp³-hybridized carbons (Fsp3) is 0.316. The van der Waals surface area contributed by atoms with Crippen LogP contribution in [0.25, 0.3) is 16.4 Å². The van der Waals surface area contributed by atoms with Gasteiger partial charge in [0.2, 0.25) is 11.0 Å². The van der Waals surface area contributed by atoms with E-state index in [9.17, 15) is 9.59 Å². The molecular formula is C19H21ClN4O2S. The van der Waals surface area contributed by atoms with Crippen LogP contribution in [0.5, 0.6) is 0 Å². The molecule has 0 fully saturated rings. The maximum absolute atomic E-state index is 12.8. The number of hydrogen-bond donors (Lipinski definition) is 2. The molecule has 2 N–H and O–H groups in total. The van der Waals surface area contributed by atoms with Crippen LogP contribution in [0, 0.1) is 6.92 Å². The van der Waals surface area contributed by atoms with Gasteiger partial charge in [-0.3, -0.25) is 14.7 Å². The molecule has 0 saturated carbocycles. The van der Waals surface area contributed by atoms with Crippen molar-refractivity contribution < 1.29 is 4.79 Å². The molecule has 0 atom stereocenters. The Morgan fingerprint density at radius 1 is 1.33 bits per heavy atom. The van der Waals surface area contributed by atoms with Gasteiger partial charge < -0.3 is 5.32 Å². The Hall–Kier alpha value is -2.38. The number of thiazole rings is 1. The Morgan fingerprint density at radius 3 is 2.78 bits per heavy atom. The number of H-pyrrole nitrogens is 1. The molecule has 3 rings (SSSR count). The monoisotopic (exact) mass is 404 g/mol. The van der Waals surface area contributed by atoms with Crippen LogP contribution in [0.15, 0.2) is 34.4 Å². The number of nitrogens with one attached hydrogen (secondary N) is 2. The van der Waals surface area contributed by atoms with Gasteiger partial charge in [0, 0.05) is 40.2 Å². The van der Waals surface area contributed by atoms with E-state index in [4.69, 9.17) is 11.6 Å². The molecule has 1 aromatic carbocycles. The molecule has 1 amide bonds. The lowest BCUT2D eigenvalue weighted by molar-refractivity contribution is -0.121. The van der Waals surface area contributed by atoms with Crippen LogP contribution in [0.4, 0.5) is 0 Å². The lowest BCUT2D eigenvalue weighted by atomic mass is 10.1. The lowest BCUT2D eigenvalue weighted by Crippen LogP contribution is -2.25. The topological polar surface area (TPSA) is 79.8 Å². The summed E-state index contributed by atoms with van der Waals surface area (Å²) in [4.78, 5) is 29.1. The fourth-order valence-electron chi connectivity index (χ4n) is 2.72. The molecule has 0 aliphatic carbocycles. The van der Waals surface area contributed by atoms with Crippen LogP contribution < -0.4 is 10.9 Å². The summed E-state index contributed by atoms with van der Waals surface area (Å²) in [5.41, 5.74) is 2.93. The summed E-state index contributed by atoms with van der Waals surface area (Å²) in [7, 11) is 0. The van der Waals surface area contributed by atoms with Crippen molar-refractivity contribution in [2.75, 3.05) is 6.54 Å². The average molecular weight is 405 g/mol. The number of rotatable bonds is 7. The third-order valence-corrected chi connectivity index (χ3v) is 5.27. The smallest absolute Gasteiger partial charge is 0.276 e. The molecule has 0 radical (unpaired) electrons. The van der Waals surface area contributed by atoms with Crippen molar-refractivity contribution in [1.29, 1.82) is 0 Å². The quantitative estimate of drug-likeness (QED) is 0.630. The normalized spacial score (nSPS) is 10.9. The van der Waals surface area contributed by atoms with Gasteiger partial charge in [0.05, 0.1) is 5.69 Å². The van der Waals surface area contributed by atoms with Crippen molar-refractivity contribution in [3.63, 3.8) is 0 Å². The van der Waals surface area contributed by atoms with Crippen LogP contribution in [0.2, 0.25) is 5.02 Å². The molecular weight excluding hydrogens is 384 g/mol. The first kappa shape index (κ1) is 19.4. The number of benzene rings is 1. The minimum Gasteiger partial charge on any atom is -0.356 e. The van der Waals surface area contributed by atoms with Gasteiger partial charge in [-0.15, -0.1) is 11.3 Å². The van der Waals surface area contributed by atoms with E-state index in [1.807, 2.05) is 43.5 Å². The van der Waals surface area contributed by atoms with Crippen molar-refractivity contribution in [1.82, 2.24) is 20.1 Å². The summed E-state index contributed by atoms with van der Waals surface area (Å²) in [5.74, 6) is -0.0392. The number of carbonyl (C=O) groups excluding carboxylic acids is 1. The molecule has 0 unspecified atom stereocenters. The number of aryl methyl sites for hydroxylation is 1. The van der Waals surface area contributed by atoms with Crippen molar-refractivity contribution in [3.05, 3.63) is 56.3 Å². The van der Waals surface area contributed by atoms with Gasteiger partial charge in [-0.05, 0) is 31.9 Å². The van der Waals surface area contributed by atoms with Gasteiger partial charge in [0.25, 0.3) is 5.56 Å². The number of amides is 1. The molecule has 0 spiro atoms. The molecule has 27 heavy (non-hydrogen) atoms. The first-order valence-electron chi connectivity index (χ1n) is 8.78. The van der Waals surface area contributed by atoms with E-state index in [-0.39, 0.29) is 11.5 Å². The maximum atomic E-state index is 12.8. The zero-order valence-electron chi connectivity index (χ0n) is 15.2. The highest BCUT2D eigenvalue weighted by atomic mass is 35.5. The molecule has 2 aromatic heterocycles. The highest BCUT2D eigenvalue weighted by molar-refractivity contribution is 7.12. The third-order valence-electron chi connectivity index (χ3n) is 4.19. The average Bonchev–Trinajstić information content (AvgIpc) is 3.24. The van der Waals surface area contributed by atoms with Gasteiger partial charge in [0.1, 0.15) is 0 Å². The largest absolute Gasteiger partial charge is 0.356 e. The van der Waals surface area contributed by atoms with Gasteiger partial charge in [-0.2, -0.15) is 4.68 Å². The van der Waals surface area contributed by atoms with Gasteiger partial charge in [-0.1, -0.05) is 30.7 Å². The number of carbonyl (C=O) groups is 1. The van der Waals surface area contributed by atoms with Crippen molar-refractivity contribution in [2.24, 2.45) is 0 Å². The van der Waals surface area contributed by atoms with Crippen molar-refractivity contribution in [3.8, 4) is 16.4 Å². The molecule has 0 aliphatic rings. The van der Waals surface area contributed by atoms with Crippen molar-refractivity contribution in [2.45, 2.75) is 33.1 Å². The molecule has 142 valence electrons. The lowest BCUT2D eigenvalue weighted by Gasteiger charge is -2.02. The summed E-state index contributed by atoms with van der Waals surface area (Å²) in [6, 6.07) is 7.40. The SMILES string of the molecule is CCCNC(=O)CCc1c(C)[nH]n(-c2nc(-c3ccc(Cl)cc3)cs2)c1=O. The summed E-state index contributed by atoms with van der Waals surface area (Å²) in [6.45, 7) is 4.49. The zero-order chi connectivity index (χ0) is 19.4. The Morgan fingerprint density at radius 2 is 2.07 bits per heavy atom. The number of halogens is 1. The third kappa shape index (κ3) is 4.48. The minimum absolute atomic E-state index is 0.0392. The van der Waals surface area contributed by atoms with Gasteiger partial charge in [0.15, 0.2) is 0 Å². The van der Waals surface area contributed by atoms with E-state index < -0.39 is 0 Å². The van der Waals surface area contributed by atoms with E-state index in [0.717, 1.165) is 23.4 Å². The Kier molecular flexibility index (Phi) is 6.13. The molecule has 2 heterocycles. The summed E-state index contributed by atoms with van der Waals surface area (Å²) in [5, 5.41) is 9.03. The summed E-state index contributed by atoms with van der Waals surface area (Å²) < 4.78 is 1.44. The Bertz CT molecular complexity index is 988. The van der Waals surface area contributed by atoms with E-state index in [2.05, 4.69) is 15.4 Å². The van der Waals surface area contributed by atoms with Crippen LogP contribution in [0.1, 0.15) is 31.0 Å². The number of aromatic nitrogens is 3. The summed E-state index contributed by atoms with van der Waals surface area (Å²) >= 11 is 7.31. The van der Waals surface area contributed by atoms with Crippen LogP contribution in [-0.2, 0) is 11.2 Å². The minimum atomic E-state index is -0.159. The second-order valence-electron chi connectivity index (χ2n) is 6.23. The van der Waals surface area contributed by atoms with Crippen LogP contribution >= 0.6 is 22.9 Å². The predicted octanol–water partition coefficient (Wildman–Crippen LogP) is 3.71. The van der Waals surface area contributed by atoms with Crippen LogP contribution in [-0.4, -0.2) is 27.2 Å². The highest BCUT2D eigenvalue weighted by Crippen LogP contribution is 2.24. The molecule has 8 heteroatoms. The maximum Gasteiger partial charge on any atom is 0.276 e. The Balaban J connectivity index is 1.79. The summed E-state index contributed by atoms with van der Waals surface area (Å²) in [6.07, 6.45) is 1.59. The number of aromatic amines is 1. The first-order valence-corrected chi connectivity index (χ1v) is 10.0. The van der Waals surface area contributed by atoms with E-state index in [0.29, 0.717) is 35.1 Å². The van der Waals surface area contributed by atoms with E-state index in [1.165, 1.54) is 16.0 Å². The Labute approximate surface area is 166 Å². The molecule has 0 bridgehead atoms. The van der Waals surface area contributed by atoms with E-state index >= 15 is 0 Å². The number of nitrogens with zero attached hydrogens (tertiary/aromatic N) is 2. The standard InChI is InChI=1S/C19H21ClN4O2S/c1-3-10-21-17(25)9-8-15-12(2)23-24(18(15)26)19-22-16(11-27-19)13-4-6-14(20)7-5-13/h4-7,11,23H,3,8-10H2,1-2H3,(H,21,25). The second-order valence-corrected chi connectivity index (χ2v) is 7.50. The van der Waals surface area contributed by atoms with Gasteiger partial charge >= 0.3 is 0 Å². The molecule has 6 nitrogen and oxygen atoms in total. The number of hydrogen-bond acceptors (Lipinski definition) is 4. The predicted molar refractivity (Wildman–Crippen MR) is 109 cm³/mol. The van der Waals surface area contributed by atoms with E-state index in [1.54, 1.807) is 0 Å². The van der Waals surface area contributed by atoms with Crippen LogP contribution in [0.3, 0.4) is 0 Å². The zero-order valence-corrected chi connectivity index (χ0v) is 16.8. The first-order chi connectivity index (χ1) is 13.0. The molecule has 0 aliphatic heterocycles. The molecule has 3 aromatic rings. The molecule has 0 saturated heterocycles. The van der Waals surface area contributed by atoms with Gasteiger partial charge in [-0.25, -0.2) is 4.98 Å². The van der Waals surface area contributed by atoms with Crippen molar-refractivity contribution >= 4 is 28.8 Å². The second kappa shape index (κ2) is 8.54.